The lowest BCUT2D eigenvalue weighted by Gasteiger charge is -2.03. The molecule has 0 unspecified atom stereocenters. The molecule has 2 aromatic carbocycles. The van der Waals surface area contributed by atoms with Crippen molar-refractivity contribution in [2.45, 2.75) is 6.54 Å². The minimum atomic E-state index is -0.447. The zero-order valence-corrected chi connectivity index (χ0v) is 14.3. The summed E-state index contributed by atoms with van der Waals surface area (Å²) in [6.45, 7) is 0.464. The lowest BCUT2D eigenvalue weighted by molar-refractivity contribution is -0.689. The molecule has 3 rings (SSSR count). The predicted octanol–water partition coefficient (Wildman–Crippen LogP) is 3.32. The predicted molar refractivity (Wildman–Crippen MR) is 94.1 cm³/mol. The Hall–Kier alpha value is -2.77. The molecular weight excluding hydrogens is 365 g/mol. The first-order chi connectivity index (χ1) is 12.0. The molecule has 0 fully saturated rings. The van der Waals surface area contributed by atoms with Crippen LogP contribution in [0.3, 0.4) is 0 Å². The Balaban J connectivity index is 1.72. The van der Waals surface area contributed by atoms with Gasteiger partial charge in [-0.05, 0) is 29.8 Å². The van der Waals surface area contributed by atoms with E-state index in [4.69, 9.17) is 23.2 Å². The van der Waals surface area contributed by atoms with Crippen LogP contribution in [0.1, 0.15) is 11.1 Å². The number of rotatable bonds is 5. The summed E-state index contributed by atoms with van der Waals surface area (Å²) in [5, 5.41) is 20.1. The number of nitro groups is 1. The molecular formula is C16H12Cl2N5O2+. The van der Waals surface area contributed by atoms with Crippen LogP contribution in [0.5, 0.6) is 0 Å². The summed E-state index contributed by atoms with van der Waals surface area (Å²) >= 11 is 12.3. The van der Waals surface area contributed by atoms with Gasteiger partial charge in [-0.3, -0.25) is 10.1 Å². The minimum absolute atomic E-state index is 0.0331. The average Bonchev–Trinajstić information content (AvgIpc) is 3.04. The van der Waals surface area contributed by atoms with Crippen molar-refractivity contribution < 1.29 is 9.49 Å². The number of aromatic nitrogens is 3. The minimum Gasteiger partial charge on any atom is -0.258 e. The second-order valence-corrected chi connectivity index (χ2v) is 5.95. The Bertz CT molecular complexity index is 918. The molecule has 126 valence electrons. The van der Waals surface area contributed by atoms with Crippen LogP contribution in [0.15, 0.2) is 60.2 Å². The summed E-state index contributed by atoms with van der Waals surface area (Å²) in [6.07, 6.45) is 4.85. The molecule has 0 aliphatic rings. The quantitative estimate of drug-likeness (QED) is 0.296. The van der Waals surface area contributed by atoms with Crippen molar-refractivity contribution in [3.05, 3.63) is 86.4 Å². The fourth-order valence-corrected chi connectivity index (χ4v) is 2.64. The van der Waals surface area contributed by atoms with E-state index in [0.717, 1.165) is 11.1 Å². The third-order valence-corrected chi connectivity index (χ3v) is 4.11. The molecule has 0 saturated carbocycles. The van der Waals surface area contributed by atoms with E-state index in [0.29, 0.717) is 16.6 Å². The van der Waals surface area contributed by atoms with Gasteiger partial charge in [0.2, 0.25) is 0 Å². The van der Waals surface area contributed by atoms with Gasteiger partial charge < -0.3 is 0 Å². The second-order valence-electron chi connectivity index (χ2n) is 5.13. The molecule has 0 aliphatic carbocycles. The molecule has 0 bridgehead atoms. The van der Waals surface area contributed by atoms with E-state index in [1.807, 2.05) is 0 Å². The van der Waals surface area contributed by atoms with Crippen LogP contribution in [-0.2, 0) is 6.54 Å². The first-order valence-corrected chi connectivity index (χ1v) is 7.94. The summed E-state index contributed by atoms with van der Waals surface area (Å²) < 4.78 is 1.79. The van der Waals surface area contributed by atoms with E-state index >= 15 is 0 Å². The third kappa shape index (κ3) is 4.20. The van der Waals surface area contributed by atoms with Gasteiger partial charge in [-0.1, -0.05) is 34.4 Å². The average molecular weight is 377 g/mol. The van der Waals surface area contributed by atoms with Crippen molar-refractivity contribution in [2.75, 3.05) is 0 Å². The van der Waals surface area contributed by atoms with Gasteiger partial charge in [-0.15, -0.1) is 0 Å². The van der Waals surface area contributed by atoms with E-state index in [2.05, 4.69) is 10.2 Å². The van der Waals surface area contributed by atoms with E-state index in [1.165, 1.54) is 16.9 Å². The Morgan fingerprint density at radius 3 is 2.52 bits per heavy atom. The van der Waals surface area contributed by atoms with Gasteiger partial charge >= 0.3 is 0 Å². The number of nitrogens with zero attached hydrogens (tertiary/aromatic N) is 5. The molecule has 0 aliphatic heterocycles. The maximum Gasteiger partial charge on any atom is 0.269 e. The topological polar surface area (TPSA) is 77.2 Å². The number of benzene rings is 2. The molecule has 0 N–H and O–H groups in total. The lowest BCUT2D eigenvalue weighted by Crippen LogP contribution is -2.31. The number of nitro benzene ring substituents is 1. The van der Waals surface area contributed by atoms with E-state index < -0.39 is 4.92 Å². The number of hydrogen-bond acceptors (Lipinski definition) is 4. The zero-order chi connectivity index (χ0) is 17.8. The number of non-ortho nitro benzene ring substituents is 1. The summed E-state index contributed by atoms with van der Waals surface area (Å²) in [4.78, 5) is 11.6. The zero-order valence-electron chi connectivity index (χ0n) is 12.8. The first-order valence-electron chi connectivity index (χ1n) is 7.18. The van der Waals surface area contributed by atoms with Gasteiger partial charge in [0.15, 0.2) is 0 Å². The number of hydrogen-bond donors (Lipinski definition) is 0. The molecule has 0 radical (unpaired) electrons. The molecule has 25 heavy (non-hydrogen) atoms. The molecule has 0 atom stereocenters. The highest BCUT2D eigenvalue weighted by molar-refractivity contribution is 6.35. The maximum atomic E-state index is 10.6. The van der Waals surface area contributed by atoms with Gasteiger partial charge in [-0.2, -0.15) is 0 Å². The molecule has 0 saturated heterocycles. The van der Waals surface area contributed by atoms with Gasteiger partial charge in [0.1, 0.15) is 0 Å². The molecule has 3 aromatic rings. The van der Waals surface area contributed by atoms with Crippen molar-refractivity contribution in [2.24, 2.45) is 5.10 Å². The molecule has 7 nitrogen and oxygen atoms in total. The molecule has 9 heteroatoms. The summed E-state index contributed by atoms with van der Waals surface area (Å²) in [6, 6.07) is 11.4. The molecule has 0 amide bonds. The van der Waals surface area contributed by atoms with Crippen LogP contribution >= 0.6 is 23.2 Å². The van der Waals surface area contributed by atoms with Crippen molar-refractivity contribution in [3.63, 3.8) is 0 Å². The van der Waals surface area contributed by atoms with E-state index in [1.54, 1.807) is 53.8 Å². The van der Waals surface area contributed by atoms with Gasteiger partial charge in [0.05, 0.1) is 22.8 Å². The highest BCUT2D eigenvalue weighted by Gasteiger charge is 2.11. The van der Waals surface area contributed by atoms with Crippen molar-refractivity contribution in [1.82, 2.24) is 9.89 Å². The highest BCUT2D eigenvalue weighted by Crippen LogP contribution is 2.23. The number of halogens is 2. The summed E-state index contributed by atoms with van der Waals surface area (Å²) in [5.74, 6) is 0. The molecule has 1 heterocycles. The van der Waals surface area contributed by atoms with Crippen LogP contribution in [0.4, 0.5) is 5.69 Å². The molecule has 0 spiro atoms. The second kappa shape index (κ2) is 7.42. The maximum absolute atomic E-state index is 10.6. The fourth-order valence-electron chi connectivity index (χ4n) is 2.13. The van der Waals surface area contributed by atoms with Crippen LogP contribution in [0, 0.1) is 10.1 Å². The monoisotopic (exact) mass is 376 g/mol. The normalized spacial score (nSPS) is 11.1. The van der Waals surface area contributed by atoms with Crippen LogP contribution in [0.2, 0.25) is 10.0 Å². The van der Waals surface area contributed by atoms with Crippen LogP contribution in [-0.4, -0.2) is 21.0 Å². The van der Waals surface area contributed by atoms with Crippen molar-refractivity contribution in [3.8, 4) is 0 Å². The Labute approximate surface area is 152 Å². The third-order valence-electron chi connectivity index (χ3n) is 3.40. The largest absolute Gasteiger partial charge is 0.269 e. The standard InChI is InChI=1S/C16H12Cl2N5O2/c17-15-2-1-3-16(18)14(15)9-21-10-20-22(11-21)19-8-12-4-6-13(7-5-12)23(24)25/h1-8,10-11H,9H2/q+1/b19-8+. The molecule has 1 aromatic heterocycles. The Morgan fingerprint density at radius 1 is 1.20 bits per heavy atom. The first kappa shape index (κ1) is 17.1. The smallest absolute Gasteiger partial charge is 0.258 e. The highest BCUT2D eigenvalue weighted by atomic mass is 35.5. The lowest BCUT2D eigenvalue weighted by atomic mass is 10.2. The van der Waals surface area contributed by atoms with Crippen molar-refractivity contribution in [1.29, 1.82) is 0 Å². The van der Waals surface area contributed by atoms with Gasteiger partial charge in [0, 0.05) is 32.5 Å². The van der Waals surface area contributed by atoms with E-state index in [9.17, 15) is 10.1 Å². The van der Waals surface area contributed by atoms with Gasteiger partial charge in [-0.25, -0.2) is 4.57 Å². The Morgan fingerprint density at radius 2 is 1.88 bits per heavy atom. The SMILES string of the molecule is O=[N+]([O-])c1ccc(/C=N/n2c[n+](Cc3c(Cl)cccc3Cl)cn2)cc1. The van der Waals surface area contributed by atoms with Crippen LogP contribution < -0.4 is 4.57 Å². The fraction of sp³-hybridized carbons (Fsp3) is 0.0625. The van der Waals surface area contributed by atoms with Gasteiger partial charge in [0.25, 0.3) is 18.3 Å². The van der Waals surface area contributed by atoms with E-state index in [-0.39, 0.29) is 5.69 Å². The summed E-state index contributed by atoms with van der Waals surface area (Å²) in [5.41, 5.74) is 1.56. The summed E-state index contributed by atoms with van der Waals surface area (Å²) in [7, 11) is 0. The van der Waals surface area contributed by atoms with Crippen LogP contribution in [0.25, 0.3) is 0 Å². The Kier molecular flexibility index (Phi) is 5.06. The van der Waals surface area contributed by atoms with Crippen molar-refractivity contribution >= 4 is 35.1 Å².